The predicted molar refractivity (Wildman–Crippen MR) is 76.2 cm³/mol. The topological polar surface area (TPSA) is 49.8 Å². The van der Waals surface area contributed by atoms with Gasteiger partial charge in [-0.1, -0.05) is 20.8 Å². The van der Waals surface area contributed by atoms with Gasteiger partial charge in [-0.2, -0.15) is 0 Å². The van der Waals surface area contributed by atoms with Crippen LogP contribution in [0.15, 0.2) is 6.07 Å². The van der Waals surface area contributed by atoms with Crippen molar-refractivity contribution in [2.75, 3.05) is 17.7 Å². The van der Waals surface area contributed by atoms with E-state index in [4.69, 9.17) is 0 Å². The van der Waals surface area contributed by atoms with E-state index < -0.39 is 0 Å². The number of rotatable bonds is 5. The maximum Gasteiger partial charge on any atom is 0.135 e. The molecule has 18 heavy (non-hydrogen) atoms. The van der Waals surface area contributed by atoms with Crippen molar-refractivity contribution in [3.05, 3.63) is 11.9 Å². The molecule has 4 nitrogen and oxygen atoms in total. The SMILES string of the molecule is CCC1(Nc2cc(NC)nc(C(C)C)n2)CCC1. The first-order chi connectivity index (χ1) is 8.58. The Bertz CT molecular complexity index is 405. The van der Waals surface area contributed by atoms with Crippen LogP contribution in [0.4, 0.5) is 11.6 Å². The molecule has 0 saturated heterocycles. The molecule has 2 N–H and O–H groups in total. The molecule has 1 aliphatic rings. The normalized spacial score (nSPS) is 17.4. The molecule has 1 aromatic heterocycles. The largest absolute Gasteiger partial charge is 0.373 e. The summed E-state index contributed by atoms with van der Waals surface area (Å²) in [5.74, 6) is 3.09. The van der Waals surface area contributed by atoms with E-state index in [-0.39, 0.29) is 5.54 Å². The zero-order valence-corrected chi connectivity index (χ0v) is 11.9. The highest BCUT2D eigenvalue weighted by molar-refractivity contribution is 5.49. The minimum atomic E-state index is 0.271. The smallest absolute Gasteiger partial charge is 0.135 e. The molecular weight excluding hydrogens is 224 g/mol. The van der Waals surface area contributed by atoms with E-state index in [9.17, 15) is 0 Å². The van der Waals surface area contributed by atoms with E-state index >= 15 is 0 Å². The Morgan fingerprint density at radius 1 is 1.28 bits per heavy atom. The van der Waals surface area contributed by atoms with Gasteiger partial charge in [0.05, 0.1) is 0 Å². The Balaban J connectivity index is 2.23. The Hall–Kier alpha value is -1.32. The first-order valence-corrected chi connectivity index (χ1v) is 6.93. The highest BCUT2D eigenvalue weighted by Crippen LogP contribution is 2.37. The summed E-state index contributed by atoms with van der Waals surface area (Å²) in [4.78, 5) is 9.12. The summed E-state index contributed by atoms with van der Waals surface area (Å²) in [5, 5.41) is 6.73. The first-order valence-electron chi connectivity index (χ1n) is 6.93. The third kappa shape index (κ3) is 2.57. The molecule has 2 rings (SSSR count). The van der Waals surface area contributed by atoms with Crippen LogP contribution in [0, 0.1) is 0 Å². The lowest BCUT2D eigenvalue weighted by atomic mass is 9.75. The molecule has 0 aromatic carbocycles. The Kier molecular flexibility index (Phi) is 3.73. The Morgan fingerprint density at radius 2 is 1.94 bits per heavy atom. The maximum absolute atomic E-state index is 4.63. The molecule has 4 heteroatoms. The molecule has 1 aromatic rings. The van der Waals surface area contributed by atoms with Crippen molar-refractivity contribution < 1.29 is 0 Å². The zero-order valence-electron chi connectivity index (χ0n) is 11.9. The molecule has 0 aliphatic heterocycles. The van der Waals surface area contributed by atoms with Crippen molar-refractivity contribution in [3.63, 3.8) is 0 Å². The van der Waals surface area contributed by atoms with Crippen molar-refractivity contribution in [3.8, 4) is 0 Å². The maximum atomic E-state index is 4.63. The first kappa shape index (κ1) is 13.1. The number of hydrogen-bond acceptors (Lipinski definition) is 4. The second kappa shape index (κ2) is 5.12. The number of nitrogens with zero attached hydrogens (tertiary/aromatic N) is 2. The van der Waals surface area contributed by atoms with Crippen LogP contribution in [-0.4, -0.2) is 22.6 Å². The van der Waals surface area contributed by atoms with Crippen LogP contribution in [-0.2, 0) is 0 Å². The average molecular weight is 248 g/mol. The van der Waals surface area contributed by atoms with Gasteiger partial charge in [0.1, 0.15) is 17.5 Å². The number of hydrogen-bond donors (Lipinski definition) is 2. The molecular formula is C14H24N4. The summed E-state index contributed by atoms with van der Waals surface area (Å²) in [6.07, 6.45) is 4.98. The highest BCUT2D eigenvalue weighted by Gasteiger charge is 2.35. The zero-order chi connectivity index (χ0) is 13.2. The van der Waals surface area contributed by atoms with Crippen LogP contribution < -0.4 is 10.6 Å². The van der Waals surface area contributed by atoms with Gasteiger partial charge in [0.2, 0.25) is 0 Å². The number of aromatic nitrogens is 2. The second-order valence-electron chi connectivity index (χ2n) is 5.51. The third-order valence-electron chi connectivity index (χ3n) is 3.90. The molecule has 0 spiro atoms. The molecule has 100 valence electrons. The van der Waals surface area contributed by atoms with Gasteiger partial charge in [-0.15, -0.1) is 0 Å². The molecule has 1 saturated carbocycles. The van der Waals surface area contributed by atoms with Crippen LogP contribution in [0.1, 0.15) is 58.2 Å². The van der Waals surface area contributed by atoms with Crippen molar-refractivity contribution in [2.24, 2.45) is 0 Å². The molecule has 1 fully saturated rings. The van der Waals surface area contributed by atoms with Crippen LogP contribution in [0.3, 0.4) is 0 Å². The monoisotopic (exact) mass is 248 g/mol. The van der Waals surface area contributed by atoms with Crippen LogP contribution in [0.2, 0.25) is 0 Å². The fraction of sp³-hybridized carbons (Fsp3) is 0.714. The van der Waals surface area contributed by atoms with E-state index in [2.05, 4.69) is 41.4 Å². The number of anilines is 2. The predicted octanol–water partition coefficient (Wildman–Crippen LogP) is 3.39. The minimum Gasteiger partial charge on any atom is -0.373 e. The summed E-state index contributed by atoms with van der Waals surface area (Å²) in [6.45, 7) is 6.49. The minimum absolute atomic E-state index is 0.271. The van der Waals surface area contributed by atoms with E-state index in [1.165, 1.54) is 19.3 Å². The molecule has 1 aliphatic carbocycles. The van der Waals surface area contributed by atoms with Crippen LogP contribution in [0.25, 0.3) is 0 Å². The summed E-state index contributed by atoms with van der Waals surface area (Å²) in [5.41, 5.74) is 0.271. The van der Waals surface area contributed by atoms with Crippen LogP contribution >= 0.6 is 0 Å². The van der Waals surface area contributed by atoms with Crippen molar-refractivity contribution in [1.82, 2.24) is 9.97 Å². The summed E-state index contributed by atoms with van der Waals surface area (Å²) >= 11 is 0. The third-order valence-corrected chi connectivity index (χ3v) is 3.90. The van der Waals surface area contributed by atoms with Crippen LogP contribution in [0.5, 0.6) is 0 Å². The van der Waals surface area contributed by atoms with Crippen molar-refractivity contribution in [1.29, 1.82) is 0 Å². The highest BCUT2D eigenvalue weighted by atomic mass is 15.1. The standard InChI is InChI=1S/C14H24N4/c1-5-14(7-6-8-14)18-12-9-11(15-4)16-13(17-12)10(2)3/h9-10H,5-8H2,1-4H3,(H2,15,16,17,18). The molecule has 0 atom stereocenters. The van der Waals surface area contributed by atoms with Gasteiger partial charge in [0.25, 0.3) is 0 Å². The molecule has 1 heterocycles. The summed E-state index contributed by atoms with van der Waals surface area (Å²) < 4.78 is 0. The number of nitrogens with one attached hydrogen (secondary N) is 2. The van der Waals surface area contributed by atoms with Crippen molar-refractivity contribution in [2.45, 2.75) is 57.9 Å². The van der Waals surface area contributed by atoms with E-state index in [0.29, 0.717) is 5.92 Å². The second-order valence-corrected chi connectivity index (χ2v) is 5.51. The lowest BCUT2D eigenvalue weighted by Crippen LogP contribution is -2.44. The van der Waals surface area contributed by atoms with Gasteiger partial charge in [-0.05, 0) is 25.7 Å². The quantitative estimate of drug-likeness (QED) is 0.838. The van der Waals surface area contributed by atoms with Gasteiger partial charge < -0.3 is 10.6 Å². The molecule has 0 radical (unpaired) electrons. The lowest BCUT2D eigenvalue weighted by molar-refractivity contribution is 0.268. The fourth-order valence-corrected chi connectivity index (χ4v) is 2.36. The Labute approximate surface area is 110 Å². The lowest BCUT2D eigenvalue weighted by Gasteiger charge is -2.42. The van der Waals surface area contributed by atoms with Gasteiger partial charge in [-0.3, -0.25) is 0 Å². The fourth-order valence-electron chi connectivity index (χ4n) is 2.36. The van der Waals surface area contributed by atoms with Gasteiger partial charge in [0.15, 0.2) is 0 Å². The summed E-state index contributed by atoms with van der Waals surface area (Å²) in [6, 6.07) is 2.00. The average Bonchev–Trinajstić information content (AvgIpc) is 2.33. The van der Waals surface area contributed by atoms with Gasteiger partial charge in [-0.25, -0.2) is 9.97 Å². The van der Waals surface area contributed by atoms with Gasteiger partial charge >= 0.3 is 0 Å². The molecule has 0 bridgehead atoms. The van der Waals surface area contributed by atoms with Gasteiger partial charge in [0, 0.05) is 24.6 Å². The van der Waals surface area contributed by atoms with E-state index in [0.717, 1.165) is 23.9 Å². The van der Waals surface area contributed by atoms with Crippen molar-refractivity contribution >= 4 is 11.6 Å². The van der Waals surface area contributed by atoms with E-state index in [1.807, 2.05) is 13.1 Å². The summed E-state index contributed by atoms with van der Waals surface area (Å²) in [7, 11) is 1.90. The Morgan fingerprint density at radius 3 is 2.39 bits per heavy atom. The molecule has 0 unspecified atom stereocenters. The molecule has 0 amide bonds. The van der Waals surface area contributed by atoms with E-state index in [1.54, 1.807) is 0 Å².